The number of hydrogen-bond donors (Lipinski definition) is 2. The van der Waals surface area contributed by atoms with Crippen molar-refractivity contribution in [2.45, 2.75) is 37.0 Å². The van der Waals surface area contributed by atoms with Crippen molar-refractivity contribution in [2.75, 3.05) is 20.0 Å². The molecule has 1 aromatic rings. The predicted molar refractivity (Wildman–Crippen MR) is 99.7 cm³/mol. The summed E-state index contributed by atoms with van der Waals surface area (Å²) < 4.78 is 10.5. The molecule has 0 bridgehead atoms. The van der Waals surface area contributed by atoms with Crippen molar-refractivity contribution >= 4 is 35.2 Å². The molecule has 8 heteroatoms. The van der Waals surface area contributed by atoms with Crippen LogP contribution in [0.25, 0.3) is 0 Å². The van der Waals surface area contributed by atoms with Crippen LogP contribution in [0.1, 0.15) is 36.0 Å². The number of primary amides is 1. The number of nitrogens with one attached hydrogen (secondary N) is 1. The lowest BCUT2D eigenvalue weighted by Gasteiger charge is -2.28. The van der Waals surface area contributed by atoms with E-state index in [4.69, 9.17) is 26.8 Å². The van der Waals surface area contributed by atoms with E-state index in [1.165, 1.54) is 19.6 Å². The second kappa shape index (κ2) is 9.20. The molecule has 0 aliphatic heterocycles. The number of rotatable bonds is 7. The third kappa shape index (κ3) is 5.44. The molecule has 0 heterocycles. The van der Waals surface area contributed by atoms with E-state index in [9.17, 15) is 9.59 Å². The highest BCUT2D eigenvalue weighted by Crippen LogP contribution is 2.36. The molecule has 138 valence electrons. The van der Waals surface area contributed by atoms with E-state index in [-0.39, 0.29) is 35.1 Å². The van der Waals surface area contributed by atoms with Gasteiger partial charge in [-0.2, -0.15) is 11.8 Å². The van der Waals surface area contributed by atoms with Gasteiger partial charge in [0, 0.05) is 16.9 Å². The Bertz CT molecular complexity index is 641. The van der Waals surface area contributed by atoms with Crippen molar-refractivity contribution in [1.82, 2.24) is 5.32 Å². The standard InChI is InChI=1S/C17H23ClN2O4S/c1-23-14-7-10(6-13(18)16(14)24-9-15(19)21)17(22)20-11-4-3-5-12(8-11)25-2/h6-7,11-12H,3-5,8-9H2,1-2H3,(H2,19,21)(H,20,22). The van der Waals surface area contributed by atoms with Gasteiger partial charge in [0.1, 0.15) is 0 Å². The molecule has 6 nitrogen and oxygen atoms in total. The average Bonchev–Trinajstić information content (AvgIpc) is 2.59. The first-order valence-electron chi connectivity index (χ1n) is 8.06. The highest BCUT2D eigenvalue weighted by Gasteiger charge is 2.24. The molecule has 2 rings (SSSR count). The van der Waals surface area contributed by atoms with Gasteiger partial charge >= 0.3 is 0 Å². The summed E-state index contributed by atoms with van der Waals surface area (Å²) in [6.45, 7) is -0.320. The SMILES string of the molecule is COc1cc(C(=O)NC2CCCC(SC)C2)cc(Cl)c1OCC(N)=O. The topological polar surface area (TPSA) is 90.7 Å². The lowest BCUT2D eigenvalue weighted by molar-refractivity contribution is -0.119. The molecule has 1 saturated carbocycles. The van der Waals surface area contributed by atoms with Crippen LogP contribution in [0.3, 0.4) is 0 Å². The number of carbonyl (C=O) groups is 2. The zero-order valence-electron chi connectivity index (χ0n) is 14.3. The summed E-state index contributed by atoms with van der Waals surface area (Å²) in [5, 5.41) is 3.84. The minimum absolute atomic E-state index is 0.161. The monoisotopic (exact) mass is 386 g/mol. The third-order valence-corrected chi connectivity index (χ3v) is 5.52. The molecule has 1 aromatic carbocycles. The highest BCUT2D eigenvalue weighted by molar-refractivity contribution is 7.99. The number of ether oxygens (including phenoxy) is 2. The maximum absolute atomic E-state index is 12.6. The molecule has 2 amide bonds. The summed E-state index contributed by atoms with van der Waals surface area (Å²) in [7, 11) is 1.44. The molecule has 0 saturated heterocycles. The molecule has 1 aliphatic rings. The van der Waals surface area contributed by atoms with Gasteiger partial charge in [-0.25, -0.2) is 0 Å². The van der Waals surface area contributed by atoms with Crippen LogP contribution >= 0.6 is 23.4 Å². The average molecular weight is 387 g/mol. The van der Waals surface area contributed by atoms with E-state index in [1.54, 1.807) is 6.07 Å². The fourth-order valence-corrected chi connectivity index (χ4v) is 3.99. The van der Waals surface area contributed by atoms with Crippen LogP contribution in [0.5, 0.6) is 11.5 Å². The van der Waals surface area contributed by atoms with Crippen molar-refractivity contribution in [3.05, 3.63) is 22.7 Å². The van der Waals surface area contributed by atoms with Crippen molar-refractivity contribution < 1.29 is 19.1 Å². The summed E-state index contributed by atoms with van der Waals surface area (Å²) in [5.41, 5.74) is 5.46. The van der Waals surface area contributed by atoms with E-state index < -0.39 is 5.91 Å². The number of benzene rings is 1. The first-order chi connectivity index (χ1) is 11.9. The molecule has 2 atom stereocenters. The molecule has 1 fully saturated rings. The van der Waals surface area contributed by atoms with Gasteiger partial charge in [0.25, 0.3) is 11.8 Å². The van der Waals surface area contributed by atoms with E-state index in [0.717, 1.165) is 19.3 Å². The van der Waals surface area contributed by atoms with Gasteiger partial charge in [-0.15, -0.1) is 0 Å². The first-order valence-corrected chi connectivity index (χ1v) is 9.73. The quantitative estimate of drug-likeness (QED) is 0.751. The number of amides is 2. The molecule has 0 aromatic heterocycles. The lowest BCUT2D eigenvalue weighted by atomic mass is 9.94. The van der Waals surface area contributed by atoms with Gasteiger partial charge in [-0.05, 0) is 37.7 Å². The fourth-order valence-electron chi connectivity index (χ4n) is 2.89. The van der Waals surface area contributed by atoms with E-state index in [1.807, 2.05) is 11.8 Å². The Morgan fingerprint density at radius 1 is 1.40 bits per heavy atom. The molecular formula is C17H23ClN2O4S. The van der Waals surface area contributed by atoms with Crippen LogP contribution in [0.2, 0.25) is 5.02 Å². The number of carbonyl (C=O) groups excluding carboxylic acids is 2. The number of nitrogens with two attached hydrogens (primary N) is 1. The normalized spacial score (nSPS) is 20.0. The molecular weight excluding hydrogens is 364 g/mol. The number of methoxy groups -OCH3 is 1. The Hall–Kier alpha value is -1.60. The van der Waals surface area contributed by atoms with Crippen molar-refractivity contribution in [3.63, 3.8) is 0 Å². The van der Waals surface area contributed by atoms with Crippen molar-refractivity contribution in [3.8, 4) is 11.5 Å². The number of thioether (sulfide) groups is 1. The van der Waals surface area contributed by atoms with Gasteiger partial charge in [-0.1, -0.05) is 18.0 Å². The number of halogens is 1. The predicted octanol–water partition coefficient (Wildman–Crippen LogP) is 2.62. The zero-order valence-corrected chi connectivity index (χ0v) is 15.9. The largest absolute Gasteiger partial charge is 0.493 e. The summed E-state index contributed by atoms with van der Waals surface area (Å²) >= 11 is 8.03. The Morgan fingerprint density at radius 2 is 2.16 bits per heavy atom. The van der Waals surface area contributed by atoms with Gasteiger partial charge in [-0.3, -0.25) is 9.59 Å². The van der Waals surface area contributed by atoms with Gasteiger partial charge in [0.05, 0.1) is 12.1 Å². The molecule has 2 unspecified atom stereocenters. The molecule has 0 radical (unpaired) electrons. The van der Waals surface area contributed by atoms with Gasteiger partial charge < -0.3 is 20.5 Å². The van der Waals surface area contributed by atoms with Crippen LogP contribution in [0.15, 0.2) is 12.1 Å². The minimum Gasteiger partial charge on any atom is -0.493 e. The van der Waals surface area contributed by atoms with Crippen molar-refractivity contribution in [2.24, 2.45) is 5.73 Å². The van der Waals surface area contributed by atoms with Crippen LogP contribution in [-0.4, -0.2) is 43.1 Å². The van der Waals surface area contributed by atoms with Crippen LogP contribution < -0.4 is 20.5 Å². The first kappa shape index (κ1) is 19.7. The molecule has 0 spiro atoms. The second-order valence-electron chi connectivity index (χ2n) is 5.94. The van der Waals surface area contributed by atoms with Crippen LogP contribution in [-0.2, 0) is 4.79 Å². The highest BCUT2D eigenvalue weighted by atomic mass is 35.5. The van der Waals surface area contributed by atoms with Gasteiger partial charge in [0.15, 0.2) is 18.1 Å². The zero-order chi connectivity index (χ0) is 18.4. The third-order valence-electron chi connectivity index (χ3n) is 4.15. The number of hydrogen-bond acceptors (Lipinski definition) is 5. The minimum atomic E-state index is -0.624. The maximum Gasteiger partial charge on any atom is 0.255 e. The Balaban J connectivity index is 2.11. The van der Waals surface area contributed by atoms with E-state index in [0.29, 0.717) is 10.8 Å². The van der Waals surface area contributed by atoms with E-state index >= 15 is 0 Å². The Labute approximate surface area is 156 Å². The molecule has 1 aliphatic carbocycles. The van der Waals surface area contributed by atoms with Gasteiger partial charge in [0.2, 0.25) is 0 Å². The summed E-state index contributed by atoms with van der Waals surface area (Å²) in [6.07, 6.45) is 6.36. The van der Waals surface area contributed by atoms with Crippen LogP contribution in [0, 0.1) is 0 Å². The van der Waals surface area contributed by atoms with Crippen molar-refractivity contribution in [1.29, 1.82) is 0 Å². The van der Waals surface area contributed by atoms with E-state index in [2.05, 4.69) is 11.6 Å². The fraction of sp³-hybridized carbons (Fsp3) is 0.529. The summed E-state index contributed by atoms with van der Waals surface area (Å²) in [6, 6.07) is 3.21. The lowest BCUT2D eigenvalue weighted by Crippen LogP contribution is -2.39. The Morgan fingerprint density at radius 3 is 2.80 bits per heavy atom. The smallest absolute Gasteiger partial charge is 0.255 e. The molecule has 25 heavy (non-hydrogen) atoms. The summed E-state index contributed by atoms with van der Waals surface area (Å²) in [4.78, 5) is 23.4. The Kier molecular flexibility index (Phi) is 7.25. The molecule has 3 N–H and O–H groups in total. The summed E-state index contributed by atoms with van der Waals surface area (Å²) in [5.74, 6) is -0.349. The van der Waals surface area contributed by atoms with Crippen LogP contribution in [0.4, 0.5) is 0 Å². The second-order valence-corrected chi connectivity index (χ2v) is 7.48. The maximum atomic E-state index is 12.6.